The van der Waals surface area contributed by atoms with E-state index in [0.717, 1.165) is 25.7 Å². The van der Waals surface area contributed by atoms with E-state index in [9.17, 15) is 5.26 Å². The van der Waals surface area contributed by atoms with Crippen LogP contribution in [0.1, 0.15) is 30.4 Å². The van der Waals surface area contributed by atoms with Gasteiger partial charge in [-0.05, 0) is 43.7 Å². The molecule has 2 nitrogen and oxygen atoms in total. The molecule has 0 aromatic heterocycles. The van der Waals surface area contributed by atoms with E-state index in [2.05, 4.69) is 37.3 Å². The second kappa shape index (κ2) is 3.85. The number of benzene rings is 1. The zero-order valence-electron chi connectivity index (χ0n) is 10.1. The Morgan fingerprint density at radius 1 is 1.41 bits per heavy atom. The number of nitriles is 1. The highest BCUT2D eigenvalue weighted by Crippen LogP contribution is 2.49. The highest BCUT2D eigenvalue weighted by molar-refractivity contribution is 5.30. The number of ether oxygens (including phenoxy) is 1. The minimum absolute atomic E-state index is 0.164. The van der Waals surface area contributed by atoms with Crippen molar-refractivity contribution in [2.45, 2.75) is 44.8 Å². The predicted octanol–water partition coefficient (Wildman–Crippen LogP) is 3.00. The second-order valence-corrected chi connectivity index (χ2v) is 5.40. The van der Waals surface area contributed by atoms with E-state index in [1.165, 1.54) is 11.1 Å². The summed E-state index contributed by atoms with van der Waals surface area (Å²) >= 11 is 0. The Hall–Kier alpha value is -1.33. The van der Waals surface area contributed by atoms with Gasteiger partial charge in [0.2, 0.25) is 0 Å². The van der Waals surface area contributed by atoms with E-state index >= 15 is 0 Å². The topological polar surface area (TPSA) is 33.0 Å². The van der Waals surface area contributed by atoms with Crippen LogP contribution in [-0.2, 0) is 11.2 Å². The molecule has 0 saturated carbocycles. The van der Waals surface area contributed by atoms with E-state index in [0.29, 0.717) is 6.10 Å². The Morgan fingerprint density at radius 2 is 2.24 bits per heavy atom. The van der Waals surface area contributed by atoms with Crippen LogP contribution in [0.5, 0.6) is 0 Å². The lowest BCUT2D eigenvalue weighted by Gasteiger charge is -2.28. The van der Waals surface area contributed by atoms with Gasteiger partial charge in [-0.15, -0.1) is 0 Å². The van der Waals surface area contributed by atoms with Crippen LogP contribution in [0.15, 0.2) is 24.3 Å². The van der Waals surface area contributed by atoms with Crippen LogP contribution in [0.2, 0.25) is 0 Å². The zero-order valence-corrected chi connectivity index (χ0v) is 10.1. The van der Waals surface area contributed by atoms with Gasteiger partial charge in [-0.25, -0.2) is 0 Å². The van der Waals surface area contributed by atoms with Crippen LogP contribution in [0.4, 0.5) is 0 Å². The predicted molar refractivity (Wildman–Crippen MR) is 65.4 cm³/mol. The molecular weight excluding hydrogens is 210 g/mol. The van der Waals surface area contributed by atoms with Gasteiger partial charge in [-0.1, -0.05) is 24.3 Å². The van der Waals surface area contributed by atoms with Crippen LogP contribution in [-0.4, -0.2) is 12.2 Å². The van der Waals surface area contributed by atoms with Crippen LogP contribution in [0, 0.1) is 23.7 Å². The number of hydrogen-bond acceptors (Lipinski definition) is 2. The largest absolute Gasteiger partial charge is 0.373 e. The van der Waals surface area contributed by atoms with E-state index in [1.54, 1.807) is 0 Å². The molecule has 2 saturated heterocycles. The van der Waals surface area contributed by atoms with Crippen molar-refractivity contribution in [2.75, 3.05) is 0 Å². The Bertz CT molecular complexity index is 476. The molecule has 3 atom stereocenters. The molecule has 2 bridgehead atoms. The number of hydrogen-bond donors (Lipinski definition) is 0. The summed E-state index contributed by atoms with van der Waals surface area (Å²) in [6.07, 6.45) is 4.46. The molecule has 2 heteroatoms. The molecule has 2 aliphatic rings. The Labute approximate surface area is 102 Å². The minimum Gasteiger partial charge on any atom is -0.373 e. The summed E-state index contributed by atoms with van der Waals surface area (Å²) in [4.78, 5) is 0. The van der Waals surface area contributed by atoms with Gasteiger partial charge < -0.3 is 4.74 Å². The van der Waals surface area contributed by atoms with Crippen molar-refractivity contribution in [1.29, 1.82) is 5.26 Å². The Balaban J connectivity index is 1.89. The summed E-state index contributed by atoms with van der Waals surface area (Å²) in [6, 6.07) is 10.9. The molecule has 1 aromatic carbocycles. The van der Waals surface area contributed by atoms with E-state index in [-0.39, 0.29) is 11.5 Å². The monoisotopic (exact) mass is 227 g/mol. The molecule has 1 aromatic rings. The summed E-state index contributed by atoms with van der Waals surface area (Å²) in [5.74, 6) is 0. The highest BCUT2D eigenvalue weighted by Gasteiger charge is 2.52. The molecule has 3 unspecified atom stereocenters. The van der Waals surface area contributed by atoms with Crippen LogP contribution < -0.4 is 0 Å². The SMILES string of the molecule is Cc1ccccc1CC1(C#N)CC2CCC1O2. The second-order valence-electron chi connectivity index (χ2n) is 5.40. The lowest BCUT2D eigenvalue weighted by Crippen LogP contribution is -2.33. The molecular formula is C15H17NO. The summed E-state index contributed by atoms with van der Waals surface area (Å²) in [5.41, 5.74) is 2.31. The summed E-state index contributed by atoms with van der Waals surface area (Å²) < 4.78 is 5.87. The molecule has 0 N–H and O–H groups in total. The van der Waals surface area contributed by atoms with Gasteiger partial charge >= 0.3 is 0 Å². The fourth-order valence-corrected chi connectivity index (χ4v) is 3.29. The fraction of sp³-hybridized carbons (Fsp3) is 0.533. The Morgan fingerprint density at radius 3 is 2.82 bits per heavy atom. The van der Waals surface area contributed by atoms with Gasteiger partial charge in [0.15, 0.2) is 0 Å². The molecule has 2 heterocycles. The molecule has 3 rings (SSSR count). The molecule has 0 aliphatic carbocycles. The normalized spacial score (nSPS) is 34.8. The van der Waals surface area contributed by atoms with Crippen LogP contribution >= 0.6 is 0 Å². The fourth-order valence-electron chi connectivity index (χ4n) is 3.29. The third-order valence-corrected chi connectivity index (χ3v) is 4.31. The molecule has 0 radical (unpaired) electrons. The maximum Gasteiger partial charge on any atom is 0.0899 e. The molecule has 17 heavy (non-hydrogen) atoms. The maximum absolute atomic E-state index is 9.56. The molecule has 2 fully saturated rings. The maximum atomic E-state index is 9.56. The summed E-state index contributed by atoms with van der Waals surface area (Å²) in [7, 11) is 0. The lowest BCUT2D eigenvalue weighted by molar-refractivity contribution is 0.0787. The molecule has 88 valence electrons. The quantitative estimate of drug-likeness (QED) is 0.778. The average Bonchev–Trinajstić information content (AvgIpc) is 2.93. The van der Waals surface area contributed by atoms with Crippen molar-refractivity contribution in [2.24, 2.45) is 5.41 Å². The first-order valence-electron chi connectivity index (χ1n) is 6.35. The minimum atomic E-state index is -0.269. The molecule has 0 spiro atoms. The average molecular weight is 227 g/mol. The first-order chi connectivity index (χ1) is 8.23. The zero-order chi connectivity index (χ0) is 11.9. The summed E-state index contributed by atoms with van der Waals surface area (Å²) in [5, 5.41) is 9.56. The third kappa shape index (κ3) is 1.66. The number of aryl methyl sites for hydroxylation is 1. The van der Waals surface area contributed by atoms with Gasteiger partial charge in [-0.3, -0.25) is 0 Å². The van der Waals surface area contributed by atoms with Crippen molar-refractivity contribution >= 4 is 0 Å². The van der Waals surface area contributed by atoms with Crippen molar-refractivity contribution in [1.82, 2.24) is 0 Å². The molecule has 0 amide bonds. The van der Waals surface area contributed by atoms with Gasteiger partial charge in [0.05, 0.1) is 23.7 Å². The number of fused-ring (bicyclic) bond motifs is 2. The highest BCUT2D eigenvalue weighted by atomic mass is 16.5. The first kappa shape index (κ1) is 10.8. The van der Waals surface area contributed by atoms with Crippen molar-refractivity contribution < 1.29 is 4.74 Å². The van der Waals surface area contributed by atoms with Crippen LogP contribution in [0.3, 0.4) is 0 Å². The van der Waals surface area contributed by atoms with E-state index in [4.69, 9.17) is 4.74 Å². The lowest BCUT2D eigenvalue weighted by atomic mass is 9.71. The third-order valence-electron chi connectivity index (χ3n) is 4.31. The number of nitrogens with zero attached hydrogens (tertiary/aromatic N) is 1. The van der Waals surface area contributed by atoms with E-state index < -0.39 is 0 Å². The van der Waals surface area contributed by atoms with E-state index in [1.807, 2.05) is 0 Å². The number of rotatable bonds is 2. The van der Waals surface area contributed by atoms with Crippen molar-refractivity contribution in [3.8, 4) is 6.07 Å². The van der Waals surface area contributed by atoms with Gasteiger partial charge in [0, 0.05) is 0 Å². The van der Waals surface area contributed by atoms with Gasteiger partial charge in [-0.2, -0.15) is 5.26 Å². The van der Waals surface area contributed by atoms with Gasteiger partial charge in [0.25, 0.3) is 0 Å². The smallest absolute Gasteiger partial charge is 0.0899 e. The van der Waals surface area contributed by atoms with Crippen molar-refractivity contribution in [3.05, 3.63) is 35.4 Å². The standard InChI is InChI=1S/C15H17NO/c1-11-4-2-3-5-12(11)8-15(10-16)9-13-6-7-14(15)17-13/h2-5,13-14H,6-9H2,1H3. The Kier molecular flexibility index (Phi) is 2.45. The van der Waals surface area contributed by atoms with Crippen molar-refractivity contribution in [3.63, 3.8) is 0 Å². The summed E-state index contributed by atoms with van der Waals surface area (Å²) in [6.45, 7) is 2.12. The molecule has 2 aliphatic heterocycles. The van der Waals surface area contributed by atoms with Crippen LogP contribution in [0.25, 0.3) is 0 Å². The first-order valence-corrected chi connectivity index (χ1v) is 6.35. The van der Waals surface area contributed by atoms with Gasteiger partial charge in [0.1, 0.15) is 0 Å².